The summed E-state index contributed by atoms with van der Waals surface area (Å²) in [5.41, 5.74) is 0.811. The molecule has 17 heavy (non-hydrogen) atoms. The summed E-state index contributed by atoms with van der Waals surface area (Å²) in [6.07, 6.45) is 0. The van der Waals surface area contributed by atoms with E-state index in [1.54, 1.807) is 14.1 Å². The smallest absolute Gasteiger partial charge is 0.324 e. The molecule has 0 saturated carbocycles. The Morgan fingerprint density at radius 1 is 1.24 bits per heavy atom. The van der Waals surface area contributed by atoms with Crippen LogP contribution in [0.2, 0.25) is 0 Å². The highest BCUT2D eigenvalue weighted by Crippen LogP contribution is 2.18. The number of carbonyl (C=O) groups is 1. The molecular formula is C11H12N4O2. The number of urea groups is 1. The van der Waals surface area contributed by atoms with Crippen molar-refractivity contribution in [1.82, 2.24) is 15.1 Å². The minimum Gasteiger partial charge on any atom is -0.403 e. The van der Waals surface area contributed by atoms with Gasteiger partial charge in [-0.05, 0) is 12.1 Å². The van der Waals surface area contributed by atoms with Gasteiger partial charge in [0.25, 0.3) is 0 Å². The van der Waals surface area contributed by atoms with Crippen LogP contribution in [-0.4, -0.2) is 35.2 Å². The maximum absolute atomic E-state index is 11.3. The van der Waals surface area contributed by atoms with Gasteiger partial charge < -0.3 is 9.32 Å². The maximum Gasteiger partial charge on any atom is 0.324 e. The van der Waals surface area contributed by atoms with Crippen LogP contribution in [0, 0.1) is 0 Å². The van der Waals surface area contributed by atoms with Crippen LogP contribution in [0.25, 0.3) is 11.5 Å². The third kappa shape index (κ3) is 2.60. The SMILES string of the molecule is CN(C)C(=O)Nc1nnc(-c2ccccc2)o1. The summed E-state index contributed by atoms with van der Waals surface area (Å²) in [7, 11) is 3.26. The Hall–Kier alpha value is -2.37. The number of rotatable bonds is 2. The number of anilines is 1. The lowest BCUT2D eigenvalue weighted by atomic mass is 10.2. The van der Waals surface area contributed by atoms with Gasteiger partial charge in [-0.1, -0.05) is 23.3 Å². The van der Waals surface area contributed by atoms with Crippen molar-refractivity contribution in [2.24, 2.45) is 0 Å². The molecule has 0 spiro atoms. The highest BCUT2D eigenvalue weighted by Gasteiger charge is 2.11. The number of nitrogens with zero attached hydrogens (tertiary/aromatic N) is 3. The van der Waals surface area contributed by atoms with Gasteiger partial charge in [-0.3, -0.25) is 5.32 Å². The summed E-state index contributed by atoms with van der Waals surface area (Å²) in [6.45, 7) is 0. The van der Waals surface area contributed by atoms with Crippen molar-refractivity contribution in [3.05, 3.63) is 30.3 Å². The van der Waals surface area contributed by atoms with E-state index in [0.29, 0.717) is 5.89 Å². The number of hydrogen-bond acceptors (Lipinski definition) is 4. The number of nitrogens with one attached hydrogen (secondary N) is 1. The van der Waals surface area contributed by atoms with Crippen molar-refractivity contribution in [2.45, 2.75) is 0 Å². The van der Waals surface area contributed by atoms with E-state index in [2.05, 4.69) is 15.5 Å². The topological polar surface area (TPSA) is 71.3 Å². The Bertz CT molecular complexity index is 507. The van der Waals surface area contributed by atoms with Gasteiger partial charge in [-0.15, -0.1) is 5.10 Å². The zero-order valence-electron chi connectivity index (χ0n) is 9.54. The molecule has 1 aromatic carbocycles. The average molecular weight is 232 g/mol. The summed E-state index contributed by atoms with van der Waals surface area (Å²) >= 11 is 0. The molecule has 0 atom stereocenters. The zero-order valence-corrected chi connectivity index (χ0v) is 9.54. The lowest BCUT2D eigenvalue weighted by molar-refractivity contribution is 0.230. The van der Waals surface area contributed by atoms with Crippen molar-refractivity contribution >= 4 is 12.0 Å². The Balaban J connectivity index is 2.14. The van der Waals surface area contributed by atoms with E-state index in [9.17, 15) is 4.79 Å². The van der Waals surface area contributed by atoms with E-state index in [1.165, 1.54) is 4.90 Å². The normalized spacial score (nSPS) is 10.0. The molecule has 2 amide bonds. The first-order valence-electron chi connectivity index (χ1n) is 5.04. The highest BCUT2D eigenvalue weighted by atomic mass is 16.4. The minimum absolute atomic E-state index is 0.0857. The fourth-order valence-electron chi connectivity index (χ4n) is 1.17. The molecule has 0 aliphatic carbocycles. The van der Waals surface area contributed by atoms with Crippen LogP contribution in [0.3, 0.4) is 0 Å². The Labute approximate surface area is 98.3 Å². The van der Waals surface area contributed by atoms with Gasteiger partial charge in [0.1, 0.15) is 0 Å². The molecule has 0 aliphatic rings. The molecule has 0 saturated heterocycles. The lowest BCUT2D eigenvalue weighted by Crippen LogP contribution is -2.27. The van der Waals surface area contributed by atoms with Gasteiger partial charge in [0.2, 0.25) is 5.89 Å². The zero-order chi connectivity index (χ0) is 12.3. The summed E-state index contributed by atoms with van der Waals surface area (Å²) in [4.78, 5) is 12.7. The standard InChI is InChI=1S/C11H12N4O2/c1-15(2)11(16)12-10-14-13-9(17-10)8-6-4-3-5-7-8/h3-7H,1-2H3,(H,12,14,16). The molecule has 0 fully saturated rings. The monoisotopic (exact) mass is 232 g/mol. The number of benzene rings is 1. The fourth-order valence-corrected chi connectivity index (χ4v) is 1.17. The Kier molecular flexibility index (Phi) is 3.04. The van der Waals surface area contributed by atoms with E-state index in [1.807, 2.05) is 30.3 Å². The number of aromatic nitrogens is 2. The van der Waals surface area contributed by atoms with Gasteiger partial charge in [-0.25, -0.2) is 4.79 Å². The molecule has 2 aromatic rings. The van der Waals surface area contributed by atoms with E-state index < -0.39 is 0 Å². The Morgan fingerprint density at radius 2 is 1.94 bits per heavy atom. The predicted octanol–water partition coefficient (Wildman–Crippen LogP) is 1.83. The van der Waals surface area contributed by atoms with Crippen LogP contribution in [0.15, 0.2) is 34.7 Å². The molecule has 2 rings (SSSR count). The van der Waals surface area contributed by atoms with Crippen molar-refractivity contribution in [3.63, 3.8) is 0 Å². The molecule has 1 N–H and O–H groups in total. The summed E-state index contributed by atoms with van der Waals surface area (Å²) < 4.78 is 5.31. The largest absolute Gasteiger partial charge is 0.403 e. The van der Waals surface area contributed by atoms with E-state index in [-0.39, 0.29) is 12.0 Å². The third-order valence-corrected chi connectivity index (χ3v) is 2.07. The van der Waals surface area contributed by atoms with Crippen molar-refractivity contribution in [3.8, 4) is 11.5 Å². The molecule has 88 valence electrons. The second-order valence-corrected chi connectivity index (χ2v) is 3.60. The van der Waals surface area contributed by atoms with Gasteiger partial charge in [0, 0.05) is 19.7 Å². The van der Waals surface area contributed by atoms with E-state index in [4.69, 9.17) is 4.42 Å². The lowest BCUT2D eigenvalue weighted by Gasteiger charge is -2.08. The molecule has 6 heteroatoms. The number of carbonyl (C=O) groups excluding carboxylic acids is 1. The highest BCUT2D eigenvalue weighted by molar-refractivity contribution is 5.86. The average Bonchev–Trinajstić information content (AvgIpc) is 2.78. The molecule has 1 heterocycles. The summed E-state index contributed by atoms with van der Waals surface area (Å²) in [5.74, 6) is 0.375. The molecular weight excluding hydrogens is 220 g/mol. The van der Waals surface area contributed by atoms with Crippen LogP contribution in [0.5, 0.6) is 0 Å². The summed E-state index contributed by atoms with van der Waals surface area (Å²) in [6, 6.07) is 9.12. The summed E-state index contributed by atoms with van der Waals surface area (Å²) in [5, 5.41) is 10.1. The van der Waals surface area contributed by atoms with Crippen LogP contribution in [-0.2, 0) is 0 Å². The predicted molar refractivity (Wildman–Crippen MR) is 62.4 cm³/mol. The first-order valence-corrected chi connectivity index (χ1v) is 5.04. The number of amides is 2. The second kappa shape index (κ2) is 4.65. The van der Waals surface area contributed by atoms with Crippen molar-refractivity contribution in [2.75, 3.05) is 19.4 Å². The van der Waals surface area contributed by atoms with Gasteiger partial charge in [0.05, 0.1) is 0 Å². The molecule has 0 unspecified atom stereocenters. The fraction of sp³-hybridized carbons (Fsp3) is 0.182. The van der Waals surface area contributed by atoms with Crippen LogP contribution in [0.4, 0.5) is 10.8 Å². The Morgan fingerprint density at radius 3 is 2.59 bits per heavy atom. The molecule has 6 nitrogen and oxygen atoms in total. The molecule has 1 aromatic heterocycles. The third-order valence-electron chi connectivity index (χ3n) is 2.07. The second-order valence-electron chi connectivity index (χ2n) is 3.60. The first kappa shape index (κ1) is 11.1. The number of hydrogen-bond donors (Lipinski definition) is 1. The molecule has 0 aliphatic heterocycles. The molecule has 0 bridgehead atoms. The van der Waals surface area contributed by atoms with Gasteiger partial charge >= 0.3 is 12.0 Å². The van der Waals surface area contributed by atoms with E-state index >= 15 is 0 Å². The maximum atomic E-state index is 11.3. The minimum atomic E-state index is -0.312. The van der Waals surface area contributed by atoms with Crippen molar-refractivity contribution < 1.29 is 9.21 Å². The van der Waals surface area contributed by atoms with Crippen LogP contribution in [0.1, 0.15) is 0 Å². The first-order chi connectivity index (χ1) is 8.16. The van der Waals surface area contributed by atoms with Crippen LogP contribution >= 0.6 is 0 Å². The quantitative estimate of drug-likeness (QED) is 0.857. The van der Waals surface area contributed by atoms with Crippen molar-refractivity contribution in [1.29, 1.82) is 0 Å². The van der Waals surface area contributed by atoms with Crippen LogP contribution < -0.4 is 5.32 Å². The van der Waals surface area contributed by atoms with Gasteiger partial charge in [-0.2, -0.15) is 0 Å². The molecule has 0 radical (unpaired) electrons. The van der Waals surface area contributed by atoms with Gasteiger partial charge in [0.15, 0.2) is 0 Å². The van der Waals surface area contributed by atoms with E-state index in [0.717, 1.165) is 5.56 Å².